The summed E-state index contributed by atoms with van der Waals surface area (Å²) in [6, 6.07) is 5.95. The van der Waals surface area contributed by atoms with Crippen molar-refractivity contribution in [3.05, 3.63) is 30.1 Å². The molecule has 3 rings (SSSR count). The van der Waals surface area contributed by atoms with E-state index < -0.39 is 0 Å². The van der Waals surface area contributed by atoms with Crippen LogP contribution >= 0.6 is 11.8 Å². The standard InChI is InChI=1S/C14H18N2OS/c17-10-12-14(18-11-6-2-1-3-7-11)15-13-8-4-5-9-16(12)13/h4-5,8-9,11,17H,1-3,6-7,10H2. The fourth-order valence-electron chi connectivity index (χ4n) is 2.60. The summed E-state index contributed by atoms with van der Waals surface area (Å²) >= 11 is 1.85. The third-order valence-electron chi connectivity index (χ3n) is 3.57. The number of hydrogen-bond acceptors (Lipinski definition) is 3. The molecular weight excluding hydrogens is 244 g/mol. The zero-order valence-corrected chi connectivity index (χ0v) is 11.2. The second kappa shape index (κ2) is 5.33. The highest BCUT2D eigenvalue weighted by Crippen LogP contribution is 2.35. The van der Waals surface area contributed by atoms with Crippen LogP contribution in [-0.2, 0) is 6.61 Å². The minimum Gasteiger partial charge on any atom is -0.390 e. The van der Waals surface area contributed by atoms with Crippen molar-refractivity contribution in [2.45, 2.75) is 49.0 Å². The van der Waals surface area contributed by atoms with Crippen LogP contribution in [0.5, 0.6) is 0 Å². The Hall–Kier alpha value is -1.00. The van der Waals surface area contributed by atoms with Crippen LogP contribution in [0, 0.1) is 0 Å². The Kier molecular flexibility index (Phi) is 3.57. The van der Waals surface area contributed by atoms with Gasteiger partial charge >= 0.3 is 0 Å². The first-order valence-electron chi connectivity index (χ1n) is 6.62. The number of hydrogen-bond donors (Lipinski definition) is 1. The van der Waals surface area contributed by atoms with E-state index in [1.807, 2.05) is 40.6 Å². The van der Waals surface area contributed by atoms with Gasteiger partial charge in [0, 0.05) is 11.4 Å². The molecule has 2 aromatic rings. The lowest BCUT2D eigenvalue weighted by Crippen LogP contribution is -2.08. The fraction of sp³-hybridized carbons (Fsp3) is 0.500. The monoisotopic (exact) mass is 262 g/mol. The summed E-state index contributed by atoms with van der Waals surface area (Å²) in [7, 11) is 0. The molecule has 0 aliphatic heterocycles. The van der Waals surface area contributed by atoms with E-state index in [0.717, 1.165) is 16.4 Å². The number of aliphatic hydroxyl groups excluding tert-OH is 1. The van der Waals surface area contributed by atoms with E-state index in [2.05, 4.69) is 4.98 Å². The highest BCUT2D eigenvalue weighted by atomic mass is 32.2. The summed E-state index contributed by atoms with van der Waals surface area (Å²) in [5, 5.41) is 11.2. The van der Waals surface area contributed by atoms with Gasteiger partial charge in [-0.3, -0.25) is 0 Å². The summed E-state index contributed by atoms with van der Waals surface area (Å²) in [5.74, 6) is 0. The molecule has 1 aliphatic rings. The van der Waals surface area contributed by atoms with E-state index in [-0.39, 0.29) is 6.61 Å². The minimum atomic E-state index is 0.0558. The Bertz CT molecular complexity index is 532. The fourth-order valence-corrected chi connectivity index (χ4v) is 3.93. The van der Waals surface area contributed by atoms with E-state index in [9.17, 15) is 5.11 Å². The molecule has 0 unspecified atom stereocenters. The van der Waals surface area contributed by atoms with Crippen molar-refractivity contribution in [1.82, 2.24) is 9.38 Å². The molecule has 0 radical (unpaired) electrons. The van der Waals surface area contributed by atoms with E-state index >= 15 is 0 Å². The lowest BCUT2D eigenvalue weighted by Gasteiger charge is -2.20. The van der Waals surface area contributed by atoms with E-state index in [0.29, 0.717) is 5.25 Å². The molecule has 1 fully saturated rings. The molecule has 1 saturated carbocycles. The third-order valence-corrected chi connectivity index (χ3v) is 4.93. The van der Waals surface area contributed by atoms with E-state index in [1.165, 1.54) is 32.1 Å². The van der Waals surface area contributed by atoms with Crippen LogP contribution in [-0.4, -0.2) is 19.7 Å². The average Bonchev–Trinajstić information content (AvgIpc) is 2.77. The zero-order chi connectivity index (χ0) is 12.4. The first-order chi connectivity index (χ1) is 8.88. The first kappa shape index (κ1) is 12.1. The summed E-state index contributed by atoms with van der Waals surface area (Å²) in [6.07, 6.45) is 8.57. The number of nitrogens with zero attached hydrogens (tertiary/aromatic N) is 2. The van der Waals surface area contributed by atoms with Gasteiger partial charge < -0.3 is 9.51 Å². The summed E-state index contributed by atoms with van der Waals surface area (Å²) in [5.41, 5.74) is 1.86. The van der Waals surface area contributed by atoms with Crippen LogP contribution in [0.15, 0.2) is 29.4 Å². The molecule has 0 aromatic carbocycles. The van der Waals surface area contributed by atoms with Crippen molar-refractivity contribution >= 4 is 17.4 Å². The lowest BCUT2D eigenvalue weighted by atomic mass is 10.0. The molecule has 1 N–H and O–H groups in total. The van der Waals surface area contributed by atoms with Gasteiger partial charge in [0.05, 0.1) is 12.3 Å². The third kappa shape index (κ3) is 2.27. The van der Waals surface area contributed by atoms with Crippen molar-refractivity contribution in [3.63, 3.8) is 0 Å². The Labute approximate surface area is 111 Å². The molecular formula is C14H18N2OS. The van der Waals surface area contributed by atoms with Crippen LogP contribution in [0.4, 0.5) is 0 Å². The minimum absolute atomic E-state index is 0.0558. The molecule has 4 heteroatoms. The van der Waals surface area contributed by atoms with Gasteiger partial charge in [-0.25, -0.2) is 4.98 Å². The van der Waals surface area contributed by atoms with Gasteiger partial charge in [0.25, 0.3) is 0 Å². The highest BCUT2D eigenvalue weighted by Gasteiger charge is 2.19. The molecule has 0 saturated heterocycles. The summed E-state index contributed by atoms with van der Waals surface area (Å²) in [4.78, 5) is 4.64. The molecule has 18 heavy (non-hydrogen) atoms. The van der Waals surface area contributed by atoms with Crippen LogP contribution in [0.2, 0.25) is 0 Å². The topological polar surface area (TPSA) is 37.5 Å². The van der Waals surface area contributed by atoms with Crippen LogP contribution in [0.3, 0.4) is 0 Å². The van der Waals surface area contributed by atoms with Gasteiger partial charge in [0.1, 0.15) is 10.7 Å². The van der Waals surface area contributed by atoms with Gasteiger partial charge in [0.15, 0.2) is 0 Å². The van der Waals surface area contributed by atoms with Crippen LogP contribution < -0.4 is 0 Å². The largest absolute Gasteiger partial charge is 0.390 e. The molecule has 2 aromatic heterocycles. The van der Waals surface area contributed by atoms with E-state index in [1.54, 1.807) is 0 Å². The van der Waals surface area contributed by atoms with Gasteiger partial charge in [-0.15, -0.1) is 11.8 Å². The Morgan fingerprint density at radius 1 is 1.28 bits per heavy atom. The molecule has 96 valence electrons. The number of imidazole rings is 1. The number of pyridine rings is 1. The Morgan fingerprint density at radius 2 is 2.11 bits per heavy atom. The van der Waals surface area contributed by atoms with Gasteiger partial charge in [-0.05, 0) is 25.0 Å². The van der Waals surface area contributed by atoms with Crippen molar-refractivity contribution in [1.29, 1.82) is 0 Å². The molecule has 0 amide bonds. The zero-order valence-electron chi connectivity index (χ0n) is 10.4. The smallest absolute Gasteiger partial charge is 0.138 e. The van der Waals surface area contributed by atoms with Crippen LogP contribution in [0.25, 0.3) is 5.65 Å². The molecule has 2 heterocycles. The van der Waals surface area contributed by atoms with Gasteiger partial charge in [0.2, 0.25) is 0 Å². The first-order valence-corrected chi connectivity index (χ1v) is 7.50. The van der Waals surface area contributed by atoms with Crippen LogP contribution in [0.1, 0.15) is 37.8 Å². The van der Waals surface area contributed by atoms with Crippen molar-refractivity contribution < 1.29 is 5.11 Å². The SMILES string of the molecule is OCc1c(SC2CCCCC2)nc2ccccn12. The van der Waals surface area contributed by atoms with Crippen molar-refractivity contribution in [3.8, 4) is 0 Å². The van der Waals surface area contributed by atoms with Crippen molar-refractivity contribution in [2.24, 2.45) is 0 Å². The summed E-state index contributed by atoms with van der Waals surface area (Å²) in [6.45, 7) is 0.0558. The summed E-state index contributed by atoms with van der Waals surface area (Å²) < 4.78 is 1.99. The number of thioether (sulfide) groups is 1. The quantitative estimate of drug-likeness (QED) is 0.922. The number of fused-ring (bicyclic) bond motifs is 1. The molecule has 3 nitrogen and oxygen atoms in total. The lowest BCUT2D eigenvalue weighted by molar-refractivity contribution is 0.272. The molecule has 0 atom stereocenters. The predicted molar refractivity (Wildman–Crippen MR) is 73.8 cm³/mol. The maximum atomic E-state index is 9.56. The molecule has 0 spiro atoms. The average molecular weight is 262 g/mol. The maximum absolute atomic E-state index is 9.56. The maximum Gasteiger partial charge on any atom is 0.138 e. The second-order valence-electron chi connectivity index (χ2n) is 4.83. The normalized spacial score (nSPS) is 17.4. The Balaban J connectivity index is 1.90. The number of rotatable bonds is 3. The molecule has 0 bridgehead atoms. The molecule has 1 aliphatic carbocycles. The highest BCUT2D eigenvalue weighted by molar-refractivity contribution is 7.99. The number of aromatic nitrogens is 2. The Morgan fingerprint density at radius 3 is 2.89 bits per heavy atom. The van der Waals surface area contributed by atoms with Gasteiger partial charge in [-0.1, -0.05) is 25.3 Å². The van der Waals surface area contributed by atoms with E-state index in [4.69, 9.17) is 0 Å². The predicted octanol–water partition coefficient (Wildman–Crippen LogP) is 3.25. The number of aliphatic hydroxyl groups is 1. The van der Waals surface area contributed by atoms with Gasteiger partial charge in [-0.2, -0.15) is 0 Å². The second-order valence-corrected chi connectivity index (χ2v) is 6.12. The van der Waals surface area contributed by atoms with Crippen molar-refractivity contribution in [2.75, 3.05) is 0 Å².